The van der Waals surface area contributed by atoms with Crippen LogP contribution in [0.3, 0.4) is 0 Å². The second kappa shape index (κ2) is 8.00. The van der Waals surface area contributed by atoms with Crippen LogP contribution >= 0.6 is 34.5 Å². The van der Waals surface area contributed by atoms with Gasteiger partial charge in [-0.1, -0.05) is 29.3 Å². The first kappa shape index (κ1) is 21.4. The van der Waals surface area contributed by atoms with Crippen LogP contribution in [-0.4, -0.2) is 26.9 Å². The number of aromatic hydroxyl groups is 1. The van der Waals surface area contributed by atoms with Crippen molar-refractivity contribution in [3.63, 3.8) is 0 Å². The number of hydrogen-bond donors (Lipinski definition) is 2. The molecule has 0 aliphatic carbocycles. The average molecular weight is 475 g/mol. The zero-order chi connectivity index (χ0) is 22.4. The molecule has 4 rings (SSSR count). The minimum Gasteiger partial charge on any atom is -0.506 e. The number of carbonyl (C=O) groups excluding carboxylic acids is 2. The van der Waals surface area contributed by atoms with Gasteiger partial charge in [0.05, 0.1) is 32.2 Å². The molecule has 1 amide bonds. The number of aryl methyl sites for hydroxylation is 2. The lowest BCUT2D eigenvalue weighted by atomic mass is 9.94. The normalized spacial score (nSPS) is 16.3. The van der Waals surface area contributed by atoms with Crippen molar-refractivity contribution in [1.29, 1.82) is 0 Å². The SMILES string of the molecule is Cc1nc(C)c(C(=O)C2=C(O)C(=O)N(c3ccc(Cl)cc3)C2c2ccc(O)c(Cl)c2)s1. The van der Waals surface area contributed by atoms with Crippen molar-refractivity contribution < 1.29 is 19.8 Å². The molecule has 0 radical (unpaired) electrons. The maximum Gasteiger partial charge on any atom is 0.294 e. The maximum atomic E-state index is 13.5. The summed E-state index contributed by atoms with van der Waals surface area (Å²) in [6, 6.07) is 9.91. The predicted octanol–water partition coefficient (Wildman–Crippen LogP) is 5.56. The van der Waals surface area contributed by atoms with E-state index >= 15 is 0 Å². The lowest BCUT2D eigenvalue weighted by Crippen LogP contribution is -2.31. The molecule has 2 heterocycles. The van der Waals surface area contributed by atoms with Gasteiger partial charge in [-0.25, -0.2) is 4.98 Å². The van der Waals surface area contributed by atoms with Gasteiger partial charge in [-0.2, -0.15) is 0 Å². The van der Waals surface area contributed by atoms with Crippen molar-refractivity contribution in [2.75, 3.05) is 4.90 Å². The summed E-state index contributed by atoms with van der Waals surface area (Å²) in [4.78, 5) is 32.5. The van der Waals surface area contributed by atoms with Crippen LogP contribution in [0.15, 0.2) is 53.8 Å². The summed E-state index contributed by atoms with van der Waals surface area (Å²) in [5.41, 5.74) is 1.34. The van der Waals surface area contributed by atoms with Gasteiger partial charge in [-0.15, -0.1) is 11.3 Å². The molecule has 0 saturated carbocycles. The third kappa shape index (κ3) is 3.69. The Morgan fingerprint density at radius 1 is 1.10 bits per heavy atom. The minimum atomic E-state index is -0.957. The van der Waals surface area contributed by atoms with E-state index in [1.165, 1.54) is 28.4 Å². The smallest absolute Gasteiger partial charge is 0.294 e. The van der Waals surface area contributed by atoms with E-state index in [9.17, 15) is 19.8 Å². The predicted molar refractivity (Wildman–Crippen MR) is 120 cm³/mol. The Kier molecular flexibility index (Phi) is 5.51. The van der Waals surface area contributed by atoms with Gasteiger partial charge in [0.25, 0.3) is 5.91 Å². The summed E-state index contributed by atoms with van der Waals surface area (Å²) < 4.78 is 0. The molecule has 2 aromatic carbocycles. The summed E-state index contributed by atoms with van der Waals surface area (Å²) in [5, 5.41) is 21.8. The van der Waals surface area contributed by atoms with E-state index < -0.39 is 23.5 Å². The zero-order valence-electron chi connectivity index (χ0n) is 16.4. The standard InChI is InChI=1S/C22H16Cl2N2O4S/c1-10-21(31-11(2)25-10)19(28)17-18(12-3-8-16(27)15(24)9-12)26(22(30)20(17)29)14-6-4-13(23)5-7-14/h3-9,18,27,29H,1-2H3. The Morgan fingerprint density at radius 2 is 1.77 bits per heavy atom. The number of nitrogens with zero attached hydrogens (tertiary/aromatic N) is 2. The van der Waals surface area contributed by atoms with Gasteiger partial charge in [0.15, 0.2) is 5.76 Å². The van der Waals surface area contributed by atoms with Gasteiger partial charge in [0, 0.05) is 10.7 Å². The van der Waals surface area contributed by atoms with Crippen LogP contribution in [0.1, 0.15) is 32.0 Å². The second-order valence-corrected chi connectivity index (χ2v) is 9.05. The van der Waals surface area contributed by atoms with Crippen LogP contribution in [0.4, 0.5) is 5.69 Å². The highest BCUT2D eigenvalue weighted by atomic mass is 35.5. The molecule has 6 nitrogen and oxygen atoms in total. The molecule has 2 N–H and O–H groups in total. The molecular formula is C22H16Cl2N2O4S. The van der Waals surface area contributed by atoms with E-state index in [-0.39, 0.29) is 16.3 Å². The van der Waals surface area contributed by atoms with E-state index in [1.54, 1.807) is 44.2 Å². The third-order valence-corrected chi connectivity index (χ3v) is 6.58. The van der Waals surface area contributed by atoms with Crippen molar-refractivity contribution in [2.24, 2.45) is 0 Å². The summed E-state index contributed by atoms with van der Waals surface area (Å²) >= 11 is 13.3. The summed E-state index contributed by atoms with van der Waals surface area (Å²) in [7, 11) is 0. The number of rotatable bonds is 4. The molecule has 0 bridgehead atoms. The van der Waals surface area contributed by atoms with Crippen LogP contribution < -0.4 is 4.90 Å². The highest BCUT2D eigenvalue weighted by molar-refractivity contribution is 7.14. The Bertz CT molecular complexity index is 1250. The Labute approximate surface area is 192 Å². The quantitative estimate of drug-likeness (QED) is 0.483. The van der Waals surface area contributed by atoms with Crippen LogP contribution in [0.5, 0.6) is 5.75 Å². The maximum absolute atomic E-state index is 13.5. The van der Waals surface area contributed by atoms with Crippen molar-refractivity contribution in [3.8, 4) is 5.75 Å². The van der Waals surface area contributed by atoms with Crippen LogP contribution in [-0.2, 0) is 4.79 Å². The molecule has 3 aromatic rings. The first-order valence-corrected chi connectivity index (χ1v) is 10.8. The third-order valence-electron chi connectivity index (χ3n) is 4.95. The van der Waals surface area contributed by atoms with E-state index in [2.05, 4.69) is 4.98 Å². The van der Waals surface area contributed by atoms with E-state index in [1.807, 2.05) is 0 Å². The number of amides is 1. The average Bonchev–Trinajstić information content (AvgIpc) is 3.20. The molecule has 31 heavy (non-hydrogen) atoms. The number of hydrogen-bond acceptors (Lipinski definition) is 6. The number of phenolic OH excluding ortho intramolecular Hbond substituents is 1. The molecular weight excluding hydrogens is 459 g/mol. The van der Waals surface area contributed by atoms with Gasteiger partial charge in [-0.3, -0.25) is 14.5 Å². The topological polar surface area (TPSA) is 90.7 Å². The molecule has 0 spiro atoms. The molecule has 1 unspecified atom stereocenters. The lowest BCUT2D eigenvalue weighted by molar-refractivity contribution is -0.117. The molecule has 0 fully saturated rings. The number of aliphatic hydroxyl groups excluding tert-OH is 1. The number of anilines is 1. The number of halogens is 2. The first-order valence-electron chi connectivity index (χ1n) is 9.18. The minimum absolute atomic E-state index is 0.0593. The Morgan fingerprint density at radius 3 is 2.35 bits per heavy atom. The number of Topliss-reactive ketones (excluding diaryl/α,β-unsaturated/α-hetero) is 1. The van der Waals surface area contributed by atoms with Crippen molar-refractivity contribution in [1.82, 2.24) is 4.98 Å². The Hall–Kier alpha value is -2.87. The van der Waals surface area contributed by atoms with Crippen LogP contribution in [0, 0.1) is 13.8 Å². The van der Waals surface area contributed by atoms with Gasteiger partial charge in [0.1, 0.15) is 5.75 Å². The lowest BCUT2D eigenvalue weighted by Gasteiger charge is -2.27. The number of aliphatic hydroxyl groups is 1. The van der Waals surface area contributed by atoms with Crippen LogP contribution in [0.25, 0.3) is 0 Å². The largest absolute Gasteiger partial charge is 0.506 e. The monoisotopic (exact) mass is 474 g/mol. The number of carbonyl (C=O) groups is 2. The summed E-state index contributed by atoms with van der Waals surface area (Å²) in [5.74, 6) is -1.99. The molecule has 1 atom stereocenters. The van der Waals surface area contributed by atoms with E-state index in [0.717, 1.165) is 0 Å². The molecule has 1 aromatic heterocycles. The fourth-order valence-electron chi connectivity index (χ4n) is 3.58. The zero-order valence-corrected chi connectivity index (χ0v) is 18.7. The van der Waals surface area contributed by atoms with Gasteiger partial charge in [-0.05, 0) is 55.8 Å². The number of phenols is 1. The summed E-state index contributed by atoms with van der Waals surface area (Å²) in [6.07, 6.45) is 0. The molecule has 1 aliphatic heterocycles. The number of aromatic nitrogens is 1. The first-order chi connectivity index (χ1) is 14.7. The number of benzene rings is 2. The van der Waals surface area contributed by atoms with Crippen molar-refractivity contribution >= 4 is 51.9 Å². The molecule has 158 valence electrons. The number of thiazole rings is 1. The van der Waals surface area contributed by atoms with E-state index in [0.29, 0.717) is 31.9 Å². The Balaban J connectivity index is 1.91. The van der Waals surface area contributed by atoms with Gasteiger partial charge in [0.2, 0.25) is 5.78 Å². The highest BCUT2D eigenvalue weighted by Crippen LogP contribution is 2.44. The fraction of sp³-hybridized carbons (Fsp3) is 0.136. The highest BCUT2D eigenvalue weighted by Gasteiger charge is 2.45. The molecule has 1 aliphatic rings. The summed E-state index contributed by atoms with van der Waals surface area (Å²) in [6.45, 7) is 3.48. The number of ketones is 1. The van der Waals surface area contributed by atoms with Crippen LogP contribution in [0.2, 0.25) is 10.0 Å². The van der Waals surface area contributed by atoms with Gasteiger partial charge >= 0.3 is 0 Å². The second-order valence-electron chi connectivity index (χ2n) is 7.00. The molecule has 9 heteroatoms. The van der Waals surface area contributed by atoms with E-state index in [4.69, 9.17) is 23.2 Å². The van der Waals surface area contributed by atoms with Crippen molar-refractivity contribution in [3.05, 3.63) is 85.0 Å². The molecule has 0 saturated heterocycles. The van der Waals surface area contributed by atoms with Gasteiger partial charge < -0.3 is 10.2 Å². The fourth-order valence-corrected chi connectivity index (χ4v) is 4.77. The van der Waals surface area contributed by atoms with Crippen molar-refractivity contribution in [2.45, 2.75) is 19.9 Å².